The molecule has 1 fully saturated rings. The Labute approximate surface area is 102 Å². The van der Waals surface area contributed by atoms with Crippen molar-refractivity contribution in [3.8, 4) is 0 Å². The zero-order valence-corrected chi connectivity index (χ0v) is 9.97. The lowest BCUT2D eigenvalue weighted by atomic mass is 9.97. The summed E-state index contributed by atoms with van der Waals surface area (Å²) in [4.78, 5) is 11.9. The van der Waals surface area contributed by atoms with E-state index in [9.17, 15) is 4.79 Å². The van der Waals surface area contributed by atoms with Gasteiger partial charge in [0.25, 0.3) is 0 Å². The lowest BCUT2D eigenvalue weighted by Crippen LogP contribution is -2.29. The molecule has 0 heterocycles. The first kappa shape index (κ1) is 12.1. The highest BCUT2D eigenvalue weighted by Crippen LogP contribution is 2.22. The van der Waals surface area contributed by atoms with E-state index in [1.165, 1.54) is 6.42 Å². The van der Waals surface area contributed by atoms with Crippen LogP contribution < -0.4 is 5.73 Å². The molecule has 3 heteroatoms. The van der Waals surface area contributed by atoms with Crippen molar-refractivity contribution in [3.05, 3.63) is 35.9 Å². The van der Waals surface area contributed by atoms with Crippen LogP contribution in [0.5, 0.6) is 0 Å². The van der Waals surface area contributed by atoms with Gasteiger partial charge in [0.05, 0.1) is 0 Å². The van der Waals surface area contributed by atoms with E-state index in [0.29, 0.717) is 0 Å². The van der Waals surface area contributed by atoms with Crippen molar-refractivity contribution in [3.63, 3.8) is 0 Å². The second-order valence-corrected chi connectivity index (χ2v) is 4.59. The third-order valence-corrected chi connectivity index (χ3v) is 3.25. The lowest BCUT2D eigenvalue weighted by Gasteiger charge is -2.23. The Morgan fingerprint density at radius 1 is 1.18 bits per heavy atom. The zero-order valence-electron chi connectivity index (χ0n) is 9.97. The normalized spacial score (nSPS) is 18.6. The average Bonchev–Trinajstić information content (AvgIpc) is 2.40. The van der Waals surface area contributed by atoms with Gasteiger partial charge in [-0.3, -0.25) is 0 Å². The van der Waals surface area contributed by atoms with Gasteiger partial charge in [0.15, 0.2) is 0 Å². The monoisotopic (exact) mass is 233 g/mol. The average molecular weight is 233 g/mol. The van der Waals surface area contributed by atoms with Crippen molar-refractivity contribution in [2.24, 2.45) is 5.73 Å². The van der Waals surface area contributed by atoms with Gasteiger partial charge in [0, 0.05) is 0 Å². The summed E-state index contributed by atoms with van der Waals surface area (Å²) in [5, 5.41) is 0. The third kappa shape index (κ3) is 3.30. The van der Waals surface area contributed by atoms with Gasteiger partial charge in [-0.05, 0) is 31.2 Å². The molecule has 1 aromatic rings. The predicted molar refractivity (Wildman–Crippen MR) is 66.3 cm³/mol. The van der Waals surface area contributed by atoms with Gasteiger partial charge in [-0.2, -0.15) is 0 Å². The molecule has 2 rings (SSSR count). The summed E-state index contributed by atoms with van der Waals surface area (Å²) in [5.41, 5.74) is 6.69. The molecular formula is C14H19NO2. The topological polar surface area (TPSA) is 52.3 Å². The van der Waals surface area contributed by atoms with Gasteiger partial charge in [0.1, 0.15) is 12.1 Å². The first-order valence-electron chi connectivity index (χ1n) is 6.28. The Balaban J connectivity index is 1.91. The zero-order chi connectivity index (χ0) is 12.1. The minimum absolute atomic E-state index is 0.0750. The van der Waals surface area contributed by atoms with Gasteiger partial charge < -0.3 is 10.5 Å². The fourth-order valence-corrected chi connectivity index (χ4v) is 2.22. The summed E-state index contributed by atoms with van der Waals surface area (Å²) in [6.07, 6.45) is 5.59. The molecule has 1 saturated carbocycles. The molecule has 0 radical (unpaired) electrons. The van der Waals surface area contributed by atoms with Gasteiger partial charge >= 0.3 is 5.97 Å². The molecule has 0 spiro atoms. The number of nitrogens with two attached hydrogens (primary N) is 1. The Morgan fingerprint density at radius 3 is 2.47 bits per heavy atom. The second-order valence-electron chi connectivity index (χ2n) is 4.59. The number of rotatable bonds is 3. The Kier molecular flexibility index (Phi) is 4.15. The molecule has 17 heavy (non-hydrogen) atoms. The first-order chi connectivity index (χ1) is 8.27. The highest BCUT2D eigenvalue weighted by molar-refractivity contribution is 5.77. The van der Waals surface area contributed by atoms with Crippen molar-refractivity contribution in [1.82, 2.24) is 0 Å². The molecule has 1 atom stereocenters. The van der Waals surface area contributed by atoms with Crippen LogP contribution in [0.1, 0.15) is 43.7 Å². The van der Waals surface area contributed by atoms with Crippen LogP contribution in [0.15, 0.2) is 30.3 Å². The predicted octanol–water partition coefficient (Wildman–Crippen LogP) is 2.56. The summed E-state index contributed by atoms with van der Waals surface area (Å²) >= 11 is 0. The Morgan fingerprint density at radius 2 is 1.82 bits per heavy atom. The maximum atomic E-state index is 11.9. The minimum atomic E-state index is -0.655. The van der Waals surface area contributed by atoms with E-state index in [0.717, 1.165) is 31.2 Å². The molecule has 1 aliphatic carbocycles. The molecular weight excluding hydrogens is 214 g/mol. The van der Waals surface area contributed by atoms with E-state index in [2.05, 4.69) is 0 Å². The standard InChI is InChI=1S/C14H19NO2/c15-13(11-7-3-1-4-8-11)14(16)17-12-9-5-2-6-10-12/h1,3-4,7-8,12-13H,2,5-6,9-10,15H2/t13-/m1/s1. The summed E-state index contributed by atoms with van der Waals surface area (Å²) in [6, 6.07) is 8.71. The van der Waals surface area contributed by atoms with Gasteiger partial charge in [0.2, 0.25) is 0 Å². The lowest BCUT2D eigenvalue weighted by molar-refractivity contribution is -0.152. The number of hydrogen-bond donors (Lipinski definition) is 1. The minimum Gasteiger partial charge on any atom is -0.461 e. The highest BCUT2D eigenvalue weighted by Gasteiger charge is 2.22. The van der Waals surface area contributed by atoms with E-state index >= 15 is 0 Å². The van der Waals surface area contributed by atoms with Crippen LogP contribution in [0.25, 0.3) is 0 Å². The number of esters is 1. The van der Waals surface area contributed by atoms with E-state index < -0.39 is 6.04 Å². The molecule has 0 amide bonds. The van der Waals surface area contributed by atoms with Gasteiger partial charge in [-0.1, -0.05) is 36.8 Å². The molecule has 92 valence electrons. The molecule has 0 saturated heterocycles. The van der Waals surface area contributed by atoms with Crippen LogP contribution in [-0.4, -0.2) is 12.1 Å². The van der Waals surface area contributed by atoms with Crippen LogP contribution in [0, 0.1) is 0 Å². The van der Waals surface area contributed by atoms with E-state index in [4.69, 9.17) is 10.5 Å². The second kappa shape index (κ2) is 5.82. The molecule has 1 aliphatic rings. The quantitative estimate of drug-likeness (QED) is 0.816. The van der Waals surface area contributed by atoms with E-state index in [1.54, 1.807) is 0 Å². The highest BCUT2D eigenvalue weighted by atomic mass is 16.5. The number of hydrogen-bond acceptors (Lipinski definition) is 3. The fourth-order valence-electron chi connectivity index (χ4n) is 2.22. The van der Waals surface area contributed by atoms with Crippen LogP contribution in [-0.2, 0) is 9.53 Å². The van der Waals surface area contributed by atoms with E-state index in [1.807, 2.05) is 30.3 Å². The SMILES string of the molecule is N[C@@H](C(=O)OC1CCCCC1)c1ccccc1. The van der Waals surface area contributed by atoms with Crippen molar-refractivity contribution < 1.29 is 9.53 Å². The summed E-state index contributed by atoms with van der Waals surface area (Å²) < 4.78 is 5.44. The first-order valence-corrected chi connectivity index (χ1v) is 6.28. The molecule has 0 aromatic heterocycles. The maximum Gasteiger partial charge on any atom is 0.327 e. The summed E-state index contributed by atoms with van der Waals surface area (Å²) in [6.45, 7) is 0. The van der Waals surface area contributed by atoms with Crippen LogP contribution >= 0.6 is 0 Å². The van der Waals surface area contributed by atoms with Crippen molar-refractivity contribution in [2.45, 2.75) is 44.2 Å². The molecule has 3 nitrogen and oxygen atoms in total. The smallest absolute Gasteiger partial charge is 0.327 e. The Bertz CT molecular complexity index is 358. The largest absolute Gasteiger partial charge is 0.461 e. The molecule has 2 N–H and O–H groups in total. The fraction of sp³-hybridized carbons (Fsp3) is 0.500. The van der Waals surface area contributed by atoms with Crippen LogP contribution in [0.2, 0.25) is 0 Å². The van der Waals surface area contributed by atoms with Crippen LogP contribution in [0.4, 0.5) is 0 Å². The molecule has 0 bridgehead atoms. The Hall–Kier alpha value is -1.35. The van der Waals surface area contributed by atoms with Crippen LogP contribution in [0.3, 0.4) is 0 Å². The summed E-state index contributed by atoms with van der Waals surface area (Å²) in [5.74, 6) is -0.303. The maximum absolute atomic E-state index is 11.9. The van der Waals surface area contributed by atoms with Crippen molar-refractivity contribution >= 4 is 5.97 Å². The molecule has 0 aliphatic heterocycles. The van der Waals surface area contributed by atoms with Crippen molar-refractivity contribution in [1.29, 1.82) is 0 Å². The number of benzene rings is 1. The van der Waals surface area contributed by atoms with Gasteiger partial charge in [-0.25, -0.2) is 4.79 Å². The van der Waals surface area contributed by atoms with E-state index in [-0.39, 0.29) is 12.1 Å². The molecule has 1 aromatic carbocycles. The van der Waals surface area contributed by atoms with Gasteiger partial charge in [-0.15, -0.1) is 0 Å². The number of carbonyl (C=O) groups excluding carboxylic acids is 1. The number of ether oxygens (including phenoxy) is 1. The third-order valence-electron chi connectivity index (χ3n) is 3.25. The van der Waals surface area contributed by atoms with Crippen molar-refractivity contribution in [2.75, 3.05) is 0 Å². The summed E-state index contributed by atoms with van der Waals surface area (Å²) in [7, 11) is 0. The number of carbonyl (C=O) groups is 1. The molecule has 0 unspecified atom stereocenters.